The molecule has 94 valence electrons. The number of halogens is 2. The van der Waals surface area contributed by atoms with Crippen LogP contribution >= 0.6 is 23.2 Å². The van der Waals surface area contributed by atoms with E-state index in [1.807, 2.05) is 18.2 Å². The molecule has 0 saturated heterocycles. The fourth-order valence-electron chi connectivity index (χ4n) is 1.55. The van der Waals surface area contributed by atoms with E-state index < -0.39 is 0 Å². The fourth-order valence-corrected chi connectivity index (χ4v) is 1.90. The van der Waals surface area contributed by atoms with Crippen LogP contribution < -0.4 is 5.32 Å². The fraction of sp³-hybridized carbons (Fsp3) is 0.429. The zero-order chi connectivity index (χ0) is 12.7. The molecule has 0 saturated carbocycles. The molecule has 0 aliphatic rings. The number of hydrogen-bond donors (Lipinski definition) is 1. The first-order valence-corrected chi connectivity index (χ1v) is 6.78. The summed E-state index contributed by atoms with van der Waals surface area (Å²) in [5.74, 6) is 0. The molecule has 0 fully saturated rings. The van der Waals surface area contributed by atoms with Crippen LogP contribution in [0.5, 0.6) is 0 Å². The van der Waals surface area contributed by atoms with Gasteiger partial charge in [-0.05, 0) is 43.1 Å². The minimum absolute atomic E-state index is 0.720. The molecule has 0 aliphatic carbocycles. The molecule has 1 rings (SSSR count). The summed E-state index contributed by atoms with van der Waals surface area (Å²) in [7, 11) is 0. The normalized spacial score (nSPS) is 11.9. The van der Waals surface area contributed by atoms with Crippen LogP contribution in [0.2, 0.25) is 10.0 Å². The second-order valence-electron chi connectivity index (χ2n) is 4.00. The van der Waals surface area contributed by atoms with Gasteiger partial charge in [-0.15, -0.1) is 0 Å². The molecule has 3 heteroatoms. The lowest BCUT2D eigenvalue weighted by Gasteiger charge is -2.07. The first-order chi connectivity index (χ1) is 8.17. The molecule has 0 aliphatic heterocycles. The van der Waals surface area contributed by atoms with Gasteiger partial charge in [0.15, 0.2) is 0 Å². The standard InChI is InChI=1S/C14H19Cl2N/c1-3-7-17-10-11(4-2)8-12-9-13(15)5-6-14(12)16/h5-6,8-9,17H,3-4,7,10H2,1-2H3/b11-8+. The third-order valence-corrected chi connectivity index (χ3v) is 3.13. The van der Waals surface area contributed by atoms with Gasteiger partial charge in [0.2, 0.25) is 0 Å². The van der Waals surface area contributed by atoms with Gasteiger partial charge in [-0.2, -0.15) is 0 Å². The summed E-state index contributed by atoms with van der Waals surface area (Å²) in [5, 5.41) is 4.86. The lowest BCUT2D eigenvalue weighted by atomic mass is 10.1. The maximum Gasteiger partial charge on any atom is 0.0479 e. The summed E-state index contributed by atoms with van der Waals surface area (Å²) in [5.41, 5.74) is 2.33. The molecule has 0 atom stereocenters. The summed E-state index contributed by atoms with van der Waals surface area (Å²) >= 11 is 12.1. The first kappa shape index (κ1) is 14.6. The Hall–Kier alpha value is -0.500. The molecule has 0 amide bonds. The van der Waals surface area contributed by atoms with E-state index in [9.17, 15) is 0 Å². The first-order valence-electron chi connectivity index (χ1n) is 6.02. The maximum absolute atomic E-state index is 6.13. The van der Waals surface area contributed by atoms with Gasteiger partial charge in [-0.3, -0.25) is 0 Å². The van der Waals surface area contributed by atoms with Crippen LogP contribution in [0.1, 0.15) is 32.3 Å². The molecular weight excluding hydrogens is 253 g/mol. The highest BCUT2D eigenvalue weighted by Gasteiger charge is 2.01. The molecular formula is C14H19Cl2N. The van der Waals surface area contributed by atoms with Crippen LogP contribution in [0.15, 0.2) is 23.8 Å². The van der Waals surface area contributed by atoms with Crippen molar-refractivity contribution in [2.45, 2.75) is 26.7 Å². The second-order valence-corrected chi connectivity index (χ2v) is 4.84. The van der Waals surface area contributed by atoms with E-state index >= 15 is 0 Å². The minimum Gasteiger partial charge on any atom is -0.313 e. The predicted octanol–water partition coefficient (Wildman–Crippen LogP) is 4.79. The molecule has 0 spiro atoms. The Morgan fingerprint density at radius 3 is 2.71 bits per heavy atom. The lowest BCUT2D eigenvalue weighted by molar-refractivity contribution is 0.706. The zero-order valence-electron chi connectivity index (χ0n) is 10.4. The van der Waals surface area contributed by atoms with Crippen molar-refractivity contribution in [2.24, 2.45) is 0 Å². The zero-order valence-corrected chi connectivity index (χ0v) is 11.9. The number of rotatable bonds is 6. The number of benzene rings is 1. The van der Waals surface area contributed by atoms with Gasteiger partial charge in [-0.1, -0.05) is 48.7 Å². The highest BCUT2D eigenvalue weighted by atomic mass is 35.5. The molecule has 1 aromatic carbocycles. The molecule has 1 nitrogen and oxygen atoms in total. The largest absolute Gasteiger partial charge is 0.313 e. The van der Waals surface area contributed by atoms with Gasteiger partial charge in [-0.25, -0.2) is 0 Å². The van der Waals surface area contributed by atoms with Crippen LogP contribution in [0, 0.1) is 0 Å². The van der Waals surface area contributed by atoms with Crippen molar-refractivity contribution in [2.75, 3.05) is 13.1 Å². The van der Waals surface area contributed by atoms with Gasteiger partial charge >= 0.3 is 0 Å². The van der Waals surface area contributed by atoms with Crippen molar-refractivity contribution in [1.82, 2.24) is 5.32 Å². The topological polar surface area (TPSA) is 12.0 Å². The smallest absolute Gasteiger partial charge is 0.0479 e. The summed E-state index contributed by atoms with van der Waals surface area (Å²) in [6.45, 7) is 6.27. The molecule has 1 aromatic rings. The highest BCUT2D eigenvalue weighted by Crippen LogP contribution is 2.23. The Labute approximate surface area is 114 Å². The maximum atomic E-state index is 6.13. The van der Waals surface area contributed by atoms with E-state index in [0.29, 0.717) is 0 Å². The Balaban J connectivity index is 2.78. The quantitative estimate of drug-likeness (QED) is 0.734. The van der Waals surface area contributed by atoms with Gasteiger partial charge in [0.25, 0.3) is 0 Å². The van der Waals surface area contributed by atoms with E-state index in [1.165, 1.54) is 5.57 Å². The highest BCUT2D eigenvalue weighted by molar-refractivity contribution is 6.34. The van der Waals surface area contributed by atoms with Gasteiger partial charge in [0.1, 0.15) is 0 Å². The summed E-state index contributed by atoms with van der Waals surface area (Å²) in [6, 6.07) is 5.55. The Bertz CT molecular complexity index is 386. The molecule has 0 bridgehead atoms. The molecule has 0 unspecified atom stereocenters. The van der Waals surface area contributed by atoms with E-state index in [1.54, 1.807) is 0 Å². The second kappa shape index (κ2) is 7.75. The number of hydrogen-bond acceptors (Lipinski definition) is 1. The summed E-state index contributed by atoms with van der Waals surface area (Å²) in [4.78, 5) is 0. The van der Waals surface area contributed by atoms with Gasteiger partial charge in [0, 0.05) is 16.6 Å². The average molecular weight is 272 g/mol. The van der Waals surface area contributed by atoms with Crippen LogP contribution in [0.25, 0.3) is 6.08 Å². The van der Waals surface area contributed by atoms with Crippen molar-refractivity contribution < 1.29 is 0 Å². The van der Waals surface area contributed by atoms with Crippen LogP contribution in [-0.4, -0.2) is 13.1 Å². The number of nitrogens with one attached hydrogen (secondary N) is 1. The molecule has 1 N–H and O–H groups in total. The molecule has 17 heavy (non-hydrogen) atoms. The predicted molar refractivity (Wildman–Crippen MR) is 77.9 cm³/mol. The van der Waals surface area contributed by atoms with Crippen molar-refractivity contribution in [3.8, 4) is 0 Å². The molecule has 0 aromatic heterocycles. The van der Waals surface area contributed by atoms with Crippen molar-refractivity contribution in [3.05, 3.63) is 39.4 Å². The van der Waals surface area contributed by atoms with E-state index in [0.717, 1.165) is 41.5 Å². The molecule has 0 radical (unpaired) electrons. The third kappa shape index (κ3) is 5.12. The monoisotopic (exact) mass is 271 g/mol. The van der Waals surface area contributed by atoms with Crippen LogP contribution in [-0.2, 0) is 0 Å². The van der Waals surface area contributed by atoms with Crippen molar-refractivity contribution in [1.29, 1.82) is 0 Å². The Morgan fingerprint density at radius 1 is 1.29 bits per heavy atom. The SMILES string of the molecule is CCCNC/C(=C/c1cc(Cl)ccc1Cl)CC. The minimum atomic E-state index is 0.720. The lowest BCUT2D eigenvalue weighted by Crippen LogP contribution is -2.17. The molecule has 0 heterocycles. The van der Waals surface area contributed by atoms with Gasteiger partial charge < -0.3 is 5.32 Å². The summed E-state index contributed by atoms with van der Waals surface area (Å²) < 4.78 is 0. The van der Waals surface area contributed by atoms with Crippen LogP contribution in [0.3, 0.4) is 0 Å². The van der Waals surface area contributed by atoms with Crippen molar-refractivity contribution >= 4 is 29.3 Å². The average Bonchev–Trinajstić information content (AvgIpc) is 2.32. The van der Waals surface area contributed by atoms with Gasteiger partial charge in [0.05, 0.1) is 0 Å². The summed E-state index contributed by atoms with van der Waals surface area (Å²) in [6.07, 6.45) is 4.28. The third-order valence-electron chi connectivity index (χ3n) is 2.55. The van der Waals surface area contributed by atoms with Crippen molar-refractivity contribution in [3.63, 3.8) is 0 Å². The Morgan fingerprint density at radius 2 is 2.06 bits per heavy atom. The Kier molecular flexibility index (Phi) is 6.64. The van der Waals surface area contributed by atoms with Crippen LogP contribution in [0.4, 0.5) is 0 Å². The van der Waals surface area contributed by atoms with E-state index in [4.69, 9.17) is 23.2 Å². The van der Waals surface area contributed by atoms with E-state index in [-0.39, 0.29) is 0 Å². The van der Waals surface area contributed by atoms with E-state index in [2.05, 4.69) is 25.2 Å².